The number of H-pyrrole nitrogens is 1. The highest BCUT2D eigenvalue weighted by molar-refractivity contribution is 6.31. The van der Waals surface area contributed by atoms with Crippen LogP contribution in [0.1, 0.15) is 94.0 Å². The zero-order chi connectivity index (χ0) is 30.9. The lowest BCUT2D eigenvalue weighted by Crippen LogP contribution is -2.61. The molecule has 4 N–H and O–H groups in total. The molecule has 7 rings (SSSR count). The molecule has 2 spiro atoms. The number of aromatic amines is 1. The number of rotatable bonds is 4. The van der Waals surface area contributed by atoms with Gasteiger partial charge in [-0.05, 0) is 92.2 Å². The molecular weight excluding hydrogens is 601 g/mol. The van der Waals surface area contributed by atoms with E-state index in [9.17, 15) is 14.4 Å². The molecule has 1 aromatic heterocycles. The molecule has 3 heterocycles. The molecule has 2 aliphatic heterocycles. The molecule has 3 aromatic rings. The molecule has 4 aliphatic rings. The Labute approximate surface area is 265 Å². The van der Waals surface area contributed by atoms with E-state index in [2.05, 4.69) is 39.9 Å². The van der Waals surface area contributed by atoms with Crippen LogP contribution in [0.25, 0.3) is 0 Å². The molecule has 2 aromatic carbocycles. The van der Waals surface area contributed by atoms with Crippen molar-refractivity contribution in [1.29, 1.82) is 0 Å². The summed E-state index contributed by atoms with van der Waals surface area (Å²) < 4.78 is 4.70. The molecule has 1 saturated heterocycles. The van der Waals surface area contributed by atoms with Crippen molar-refractivity contribution >= 4 is 40.7 Å². The maximum absolute atomic E-state index is 14.6. The Morgan fingerprint density at radius 1 is 0.977 bits per heavy atom. The maximum atomic E-state index is 14.6. The zero-order valence-corrected chi connectivity index (χ0v) is 26.4. The number of carbonyl (C=O) groups excluding carboxylic acids is 2. The van der Waals surface area contributed by atoms with E-state index in [4.69, 9.17) is 27.7 Å². The number of carbonyl (C=O) groups is 2. The monoisotopic (exact) mass is 637 g/mol. The van der Waals surface area contributed by atoms with Crippen molar-refractivity contribution in [3.63, 3.8) is 0 Å². The van der Waals surface area contributed by atoms with Gasteiger partial charge in [-0.3, -0.25) is 24.4 Å². The summed E-state index contributed by atoms with van der Waals surface area (Å²) in [5.41, 5.74) is 0.852. The molecule has 2 aliphatic carbocycles. The van der Waals surface area contributed by atoms with Crippen LogP contribution < -0.4 is 21.7 Å². The van der Waals surface area contributed by atoms with Crippen molar-refractivity contribution in [2.45, 2.75) is 100 Å². The third-order valence-corrected chi connectivity index (χ3v) is 11.3. The summed E-state index contributed by atoms with van der Waals surface area (Å²) in [5.74, 6) is -0.645. The van der Waals surface area contributed by atoms with Crippen molar-refractivity contribution in [3.8, 4) is 0 Å². The lowest BCUT2D eigenvalue weighted by molar-refractivity contribution is -0.125. The van der Waals surface area contributed by atoms with E-state index in [1.807, 2.05) is 42.5 Å². The first kappa shape index (κ1) is 29.6. The molecule has 9 nitrogen and oxygen atoms in total. The van der Waals surface area contributed by atoms with E-state index in [1.54, 1.807) is 0 Å². The van der Waals surface area contributed by atoms with Crippen LogP contribution in [0.15, 0.2) is 51.8 Å². The Balaban J connectivity index is 1.28. The topological polar surface area (TPSA) is 129 Å². The Hall–Kier alpha value is -3.14. The maximum Gasteiger partial charge on any atom is 0.438 e. The predicted molar refractivity (Wildman–Crippen MR) is 168 cm³/mol. The third kappa shape index (κ3) is 4.70. The Kier molecular flexibility index (Phi) is 7.22. The van der Waals surface area contributed by atoms with Gasteiger partial charge in [0.1, 0.15) is 5.41 Å². The Morgan fingerprint density at radius 2 is 1.70 bits per heavy atom. The summed E-state index contributed by atoms with van der Waals surface area (Å²) in [6, 6.07) is 12.5. The SMILES string of the molecule is CC1(C)CCC2(CC1)N[C@@H](C(=O)N[C@H]1CC[C@H](c3noc(=O)[nH]3)CC1)[C@H](c1cccc(Cl)c1)[C@]21C(=O)Nc2cc(Cl)ccc21. The van der Waals surface area contributed by atoms with Gasteiger partial charge in [0.15, 0.2) is 5.82 Å². The lowest BCUT2D eigenvalue weighted by atomic mass is 9.53. The van der Waals surface area contributed by atoms with E-state index in [-0.39, 0.29) is 29.2 Å². The second kappa shape index (κ2) is 10.7. The van der Waals surface area contributed by atoms with Gasteiger partial charge in [0.2, 0.25) is 11.8 Å². The van der Waals surface area contributed by atoms with E-state index in [0.29, 0.717) is 21.6 Å². The van der Waals surface area contributed by atoms with Crippen molar-refractivity contribution in [1.82, 2.24) is 20.8 Å². The summed E-state index contributed by atoms with van der Waals surface area (Å²) in [6.07, 6.45) is 6.35. The van der Waals surface area contributed by atoms with Crippen LogP contribution in [0, 0.1) is 5.41 Å². The van der Waals surface area contributed by atoms with Gasteiger partial charge in [-0.1, -0.05) is 60.4 Å². The van der Waals surface area contributed by atoms with Gasteiger partial charge >= 0.3 is 5.76 Å². The van der Waals surface area contributed by atoms with E-state index < -0.39 is 28.7 Å². The molecule has 232 valence electrons. The first-order valence-electron chi connectivity index (χ1n) is 15.5. The standard InChI is InChI=1S/C33H37Cl2N5O4/c1-31(2)12-14-32(15-13-31)33(23-11-8-21(35)17-24(23)37-29(33)42)25(19-4-3-5-20(34)16-19)26(39-32)28(41)36-22-9-6-18(7-10-22)27-38-30(43)44-40-27/h3-5,8,11,16-18,22,25-26,39H,6-7,9-10,12-15H2,1-2H3,(H,36,41)(H,37,42)(H,38,40,43)/t18-,22-,25-,26+,33+/m0/s1. The second-order valence-electron chi connectivity index (χ2n) is 13.9. The van der Waals surface area contributed by atoms with Crippen LogP contribution in [0.2, 0.25) is 10.0 Å². The van der Waals surface area contributed by atoms with Crippen LogP contribution in [-0.2, 0) is 15.0 Å². The average Bonchev–Trinajstić information content (AvgIpc) is 3.64. The number of halogens is 2. The average molecular weight is 639 g/mol. The fourth-order valence-corrected chi connectivity index (χ4v) is 8.98. The van der Waals surface area contributed by atoms with Gasteiger partial charge < -0.3 is 10.6 Å². The minimum absolute atomic E-state index is 0.0412. The second-order valence-corrected chi connectivity index (χ2v) is 14.8. The van der Waals surface area contributed by atoms with Crippen LogP contribution >= 0.6 is 23.2 Å². The molecule has 0 bridgehead atoms. The Bertz CT molecular complexity index is 1670. The molecule has 0 unspecified atom stereocenters. The fourth-order valence-electron chi connectivity index (χ4n) is 8.60. The van der Waals surface area contributed by atoms with Crippen molar-refractivity contribution in [3.05, 3.63) is 80.0 Å². The minimum Gasteiger partial charge on any atom is -0.352 e. The molecule has 11 heteroatoms. The van der Waals surface area contributed by atoms with Crippen LogP contribution in [0.3, 0.4) is 0 Å². The predicted octanol–water partition coefficient (Wildman–Crippen LogP) is 5.80. The van der Waals surface area contributed by atoms with Gasteiger partial charge in [-0.2, -0.15) is 0 Å². The quantitative estimate of drug-likeness (QED) is 0.286. The zero-order valence-electron chi connectivity index (χ0n) is 24.8. The Morgan fingerprint density at radius 3 is 2.39 bits per heavy atom. The van der Waals surface area contributed by atoms with Gasteiger partial charge in [-0.25, -0.2) is 4.79 Å². The molecule has 3 atom stereocenters. The summed E-state index contributed by atoms with van der Waals surface area (Å²) in [4.78, 5) is 43.2. The molecule has 2 saturated carbocycles. The number of hydrogen-bond acceptors (Lipinski definition) is 6. The molecule has 3 fully saturated rings. The highest BCUT2D eigenvalue weighted by Crippen LogP contribution is 2.63. The number of fused-ring (bicyclic) bond motifs is 3. The van der Waals surface area contributed by atoms with E-state index in [0.717, 1.165) is 62.5 Å². The van der Waals surface area contributed by atoms with E-state index >= 15 is 0 Å². The molecule has 44 heavy (non-hydrogen) atoms. The summed E-state index contributed by atoms with van der Waals surface area (Å²) in [5, 5.41) is 15.3. The van der Waals surface area contributed by atoms with Crippen LogP contribution in [-0.4, -0.2) is 39.6 Å². The van der Waals surface area contributed by atoms with Crippen molar-refractivity contribution < 1.29 is 14.1 Å². The highest BCUT2D eigenvalue weighted by Gasteiger charge is 2.72. The lowest BCUT2D eigenvalue weighted by Gasteiger charge is -2.50. The summed E-state index contributed by atoms with van der Waals surface area (Å²) in [7, 11) is 0. The van der Waals surface area contributed by atoms with Crippen molar-refractivity contribution in [2.24, 2.45) is 5.41 Å². The van der Waals surface area contributed by atoms with Crippen LogP contribution in [0.4, 0.5) is 5.69 Å². The molecular formula is C33H37Cl2N5O4. The smallest absolute Gasteiger partial charge is 0.352 e. The summed E-state index contributed by atoms with van der Waals surface area (Å²) >= 11 is 13.0. The van der Waals surface area contributed by atoms with Gasteiger partial charge in [-0.15, -0.1) is 0 Å². The minimum atomic E-state index is -1.05. The highest BCUT2D eigenvalue weighted by atomic mass is 35.5. The number of hydrogen-bond donors (Lipinski definition) is 4. The fraction of sp³-hybridized carbons (Fsp3) is 0.515. The summed E-state index contributed by atoms with van der Waals surface area (Å²) in [6.45, 7) is 4.54. The van der Waals surface area contributed by atoms with Gasteiger partial charge in [0.25, 0.3) is 0 Å². The number of benzene rings is 2. The first-order chi connectivity index (χ1) is 21.0. The first-order valence-corrected chi connectivity index (χ1v) is 16.3. The number of amides is 2. The normalized spacial score (nSPS) is 30.3. The number of anilines is 1. The third-order valence-electron chi connectivity index (χ3n) is 10.9. The molecule has 0 radical (unpaired) electrons. The number of nitrogens with one attached hydrogen (secondary N) is 4. The molecule has 2 amide bonds. The van der Waals surface area contributed by atoms with Gasteiger partial charge in [0.05, 0.1) is 6.04 Å². The largest absolute Gasteiger partial charge is 0.438 e. The van der Waals surface area contributed by atoms with E-state index in [1.165, 1.54) is 0 Å². The number of aromatic nitrogens is 2. The van der Waals surface area contributed by atoms with Crippen molar-refractivity contribution in [2.75, 3.05) is 5.32 Å². The number of nitrogens with zero attached hydrogens (tertiary/aromatic N) is 1. The van der Waals surface area contributed by atoms with Crippen LogP contribution in [0.5, 0.6) is 0 Å². The van der Waals surface area contributed by atoms with Gasteiger partial charge in [0, 0.05) is 39.1 Å².